The first-order valence-electron chi connectivity index (χ1n) is 9.97. The van der Waals surface area contributed by atoms with Crippen LogP contribution in [0.2, 0.25) is 0 Å². The average Bonchev–Trinajstić information content (AvgIpc) is 2.50. The molecule has 0 aromatic carbocycles. The third kappa shape index (κ3) is 8.71. The minimum Gasteiger partial charge on any atom is -0.0991 e. The van der Waals surface area contributed by atoms with Gasteiger partial charge in [0.1, 0.15) is 0 Å². The Hall–Kier alpha value is -1.04. The molecular formula is C24H42. The maximum absolute atomic E-state index is 3.88. The first-order valence-corrected chi connectivity index (χ1v) is 9.97. The van der Waals surface area contributed by atoms with Gasteiger partial charge in [0.25, 0.3) is 0 Å². The Morgan fingerprint density at radius 1 is 1.00 bits per heavy atom. The van der Waals surface area contributed by atoms with E-state index in [9.17, 15) is 0 Å². The Morgan fingerprint density at radius 2 is 1.62 bits per heavy atom. The fourth-order valence-electron chi connectivity index (χ4n) is 3.55. The highest BCUT2D eigenvalue weighted by Gasteiger charge is 2.14. The van der Waals surface area contributed by atoms with Gasteiger partial charge < -0.3 is 0 Å². The van der Waals surface area contributed by atoms with Gasteiger partial charge >= 0.3 is 0 Å². The van der Waals surface area contributed by atoms with Crippen LogP contribution in [0.5, 0.6) is 0 Å². The summed E-state index contributed by atoms with van der Waals surface area (Å²) in [5.74, 6) is 2.80. The Labute approximate surface area is 152 Å². The van der Waals surface area contributed by atoms with Gasteiger partial charge in [-0.3, -0.25) is 0 Å². The molecule has 0 rings (SSSR count). The third-order valence-corrected chi connectivity index (χ3v) is 5.00. The molecular weight excluding hydrogens is 288 g/mol. The highest BCUT2D eigenvalue weighted by atomic mass is 14.2. The van der Waals surface area contributed by atoms with Crippen molar-refractivity contribution >= 4 is 0 Å². The molecule has 0 aliphatic carbocycles. The SMILES string of the molecule is C=C\C=C(C)/C(/C=C/C(C)CC(C)CC)=C(\CC)C(C)CC(C)C. The first-order chi connectivity index (χ1) is 11.3. The van der Waals surface area contributed by atoms with Gasteiger partial charge in [0.15, 0.2) is 0 Å². The Bertz CT molecular complexity index is 445. The maximum atomic E-state index is 3.88. The average molecular weight is 331 g/mol. The van der Waals surface area contributed by atoms with Crippen LogP contribution in [0.25, 0.3) is 0 Å². The Balaban J connectivity index is 5.60. The van der Waals surface area contributed by atoms with Gasteiger partial charge in [0.05, 0.1) is 0 Å². The molecule has 24 heavy (non-hydrogen) atoms. The zero-order valence-corrected chi connectivity index (χ0v) is 17.7. The van der Waals surface area contributed by atoms with Crippen LogP contribution in [-0.2, 0) is 0 Å². The second kappa shape index (κ2) is 12.3. The van der Waals surface area contributed by atoms with E-state index in [0.717, 1.165) is 18.3 Å². The molecule has 0 fully saturated rings. The van der Waals surface area contributed by atoms with Crippen molar-refractivity contribution in [1.29, 1.82) is 0 Å². The van der Waals surface area contributed by atoms with Gasteiger partial charge in [-0.2, -0.15) is 0 Å². The first kappa shape index (κ1) is 23.0. The molecule has 0 saturated carbocycles. The summed E-state index contributed by atoms with van der Waals surface area (Å²) in [6, 6.07) is 0. The summed E-state index contributed by atoms with van der Waals surface area (Å²) in [4.78, 5) is 0. The summed E-state index contributed by atoms with van der Waals surface area (Å²) >= 11 is 0. The fourth-order valence-corrected chi connectivity index (χ4v) is 3.55. The van der Waals surface area contributed by atoms with Gasteiger partial charge in [0.2, 0.25) is 0 Å². The summed E-state index contributed by atoms with van der Waals surface area (Å²) in [6.07, 6.45) is 13.8. The molecule has 0 amide bonds. The molecule has 138 valence electrons. The van der Waals surface area contributed by atoms with Gasteiger partial charge in [-0.05, 0) is 61.0 Å². The molecule has 3 unspecified atom stereocenters. The number of hydrogen-bond acceptors (Lipinski definition) is 0. The van der Waals surface area contributed by atoms with Crippen molar-refractivity contribution in [3.8, 4) is 0 Å². The van der Waals surface area contributed by atoms with E-state index in [0.29, 0.717) is 11.8 Å². The zero-order chi connectivity index (χ0) is 18.7. The number of hydrogen-bond donors (Lipinski definition) is 0. The molecule has 0 radical (unpaired) electrons. The molecule has 0 bridgehead atoms. The third-order valence-electron chi connectivity index (χ3n) is 5.00. The molecule has 0 heteroatoms. The van der Waals surface area contributed by atoms with Crippen molar-refractivity contribution in [2.75, 3.05) is 0 Å². The maximum Gasteiger partial charge on any atom is -0.0220 e. The molecule has 0 saturated heterocycles. The predicted molar refractivity (Wildman–Crippen MR) is 112 cm³/mol. The van der Waals surface area contributed by atoms with Crippen molar-refractivity contribution < 1.29 is 0 Å². The largest absolute Gasteiger partial charge is 0.0991 e. The van der Waals surface area contributed by atoms with E-state index in [1.807, 2.05) is 6.08 Å². The lowest BCUT2D eigenvalue weighted by atomic mass is 9.84. The van der Waals surface area contributed by atoms with Crippen molar-refractivity contribution in [3.05, 3.63) is 47.6 Å². The normalized spacial score (nSPS) is 17.8. The molecule has 0 aliphatic rings. The van der Waals surface area contributed by atoms with E-state index in [1.165, 1.54) is 30.4 Å². The van der Waals surface area contributed by atoms with Crippen LogP contribution < -0.4 is 0 Å². The minimum atomic E-state index is 0.630. The zero-order valence-electron chi connectivity index (χ0n) is 17.7. The predicted octanol–water partition coefficient (Wildman–Crippen LogP) is 8.14. The van der Waals surface area contributed by atoms with Gasteiger partial charge in [0, 0.05) is 0 Å². The summed E-state index contributed by atoms with van der Waals surface area (Å²) in [7, 11) is 0. The van der Waals surface area contributed by atoms with Gasteiger partial charge in [-0.25, -0.2) is 0 Å². The molecule has 0 nitrogen and oxygen atoms in total. The highest BCUT2D eigenvalue weighted by molar-refractivity contribution is 5.44. The smallest absolute Gasteiger partial charge is 0.0220 e. The van der Waals surface area contributed by atoms with E-state index < -0.39 is 0 Å². The van der Waals surface area contributed by atoms with Crippen LogP contribution in [0.4, 0.5) is 0 Å². The minimum absolute atomic E-state index is 0.630. The molecule has 3 atom stereocenters. The molecule has 0 aromatic heterocycles. The summed E-state index contributed by atoms with van der Waals surface area (Å²) in [5.41, 5.74) is 4.36. The topological polar surface area (TPSA) is 0 Å². The molecule has 0 aromatic rings. The summed E-state index contributed by atoms with van der Waals surface area (Å²) < 4.78 is 0. The number of rotatable bonds is 11. The monoisotopic (exact) mass is 330 g/mol. The van der Waals surface area contributed by atoms with E-state index in [-0.39, 0.29) is 0 Å². The molecule has 0 N–H and O–H groups in total. The van der Waals surface area contributed by atoms with E-state index in [2.05, 4.69) is 80.2 Å². The van der Waals surface area contributed by atoms with Crippen LogP contribution in [0, 0.1) is 23.7 Å². The van der Waals surface area contributed by atoms with Crippen LogP contribution in [-0.4, -0.2) is 0 Å². The van der Waals surface area contributed by atoms with Crippen molar-refractivity contribution in [2.45, 2.75) is 81.1 Å². The van der Waals surface area contributed by atoms with Crippen LogP contribution in [0.15, 0.2) is 47.6 Å². The molecule has 0 heterocycles. The highest BCUT2D eigenvalue weighted by Crippen LogP contribution is 2.30. The quantitative estimate of drug-likeness (QED) is 0.335. The Morgan fingerprint density at radius 3 is 2.08 bits per heavy atom. The van der Waals surface area contributed by atoms with E-state index in [4.69, 9.17) is 0 Å². The van der Waals surface area contributed by atoms with Crippen molar-refractivity contribution in [1.82, 2.24) is 0 Å². The molecule has 0 spiro atoms. The lowest BCUT2D eigenvalue weighted by molar-refractivity contribution is 0.454. The summed E-state index contributed by atoms with van der Waals surface area (Å²) in [5, 5.41) is 0. The summed E-state index contributed by atoms with van der Waals surface area (Å²) in [6.45, 7) is 22.4. The van der Waals surface area contributed by atoms with E-state index in [1.54, 1.807) is 5.57 Å². The van der Waals surface area contributed by atoms with E-state index >= 15 is 0 Å². The second-order valence-electron chi connectivity index (χ2n) is 7.99. The van der Waals surface area contributed by atoms with Gasteiger partial charge in [-0.1, -0.05) is 91.3 Å². The molecule has 0 aliphatic heterocycles. The lowest BCUT2D eigenvalue weighted by Crippen LogP contribution is -2.07. The van der Waals surface area contributed by atoms with Crippen LogP contribution in [0.1, 0.15) is 81.1 Å². The fraction of sp³-hybridized carbons (Fsp3) is 0.667. The Kier molecular flexibility index (Phi) is 11.8. The van der Waals surface area contributed by atoms with Gasteiger partial charge in [-0.15, -0.1) is 0 Å². The standard InChI is InChI=1S/C24H42/c1-10-13-21(8)24(15-14-20(7)17-19(6)11-2)23(12-3)22(9)16-18(4)5/h10,13-15,18-20,22H,1,11-12,16-17H2,2-9H3/b15-14+,21-13-,24-23+. The van der Waals surface area contributed by atoms with Crippen molar-refractivity contribution in [3.63, 3.8) is 0 Å². The van der Waals surface area contributed by atoms with Crippen LogP contribution in [0.3, 0.4) is 0 Å². The second-order valence-corrected chi connectivity index (χ2v) is 7.99. The van der Waals surface area contributed by atoms with Crippen LogP contribution >= 0.6 is 0 Å². The number of allylic oxidation sites excluding steroid dienone is 7. The van der Waals surface area contributed by atoms with Crippen molar-refractivity contribution in [2.24, 2.45) is 23.7 Å². The lowest BCUT2D eigenvalue weighted by Gasteiger charge is -2.21.